The molecule has 2 heterocycles. The van der Waals surface area contributed by atoms with Gasteiger partial charge in [-0.2, -0.15) is 0 Å². The zero-order chi connectivity index (χ0) is 22.9. The lowest BCUT2D eigenvalue weighted by molar-refractivity contribution is -0.119. The van der Waals surface area contributed by atoms with Crippen molar-refractivity contribution in [2.75, 3.05) is 11.5 Å². The maximum absolute atomic E-state index is 15.1. The van der Waals surface area contributed by atoms with Gasteiger partial charge in [0.25, 0.3) is 0 Å². The van der Waals surface area contributed by atoms with Gasteiger partial charge in [0.05, 0.1) is 24.3 Å². The first kappa shape index (κ1) is 21.3. The number of ether oxygens (including phenoxy) is 1. The van der Waals surface area contributed by atoms with Crippen LogP contribution in [0, 0.1) is 11.7 Å². The minimum Gasteiger partial charge on any atom is -0.462 e. The highest BCUT2D eigenvalue weighted by Gasteiger charge is 2.56. The van der Waals surface area contributed by atoms with E-state index >= 15 is 4.39 Å². The molecule has 2 saturated heterocycles. The molecule has 4 unspecified atom stereocenters. The number of hydrogen-bond donors (Lipinski definition) is 2. The topological polar surface area (TPSA) is 70.7 Å². The monoisotopic (exact) mass is 445 g/mol. The normalized spacial score (nSPS) is 24.1. The van der Waals surface area contributed by atoms with Crippen LogP contribution in [0.15, 0.2) is 78.9 Å². The molecule has 0 aromatic heterocycles. The number of nitrogens with zero attached hydrogens (tertiary/aromatic N) is 1. The van der Waals surface area contributed by atoms with Gasteiger partial charge in [-0.05, 0) is 42.8 Å². The van der Waals surface area contributed by atoms with Crippen molar-refractivity contribution in [3.8, 4) is 0 Å². The van der Waals surface area contributed by atoms with Gasteiger partial charge in [0.1, 0.15) is 11.9 Å². The molecule has 2 aliphatic rings. The summed E-state index contributed by atoms with van der Waals surface area (Å²) in [7, 11) is 0. The van der Waals surface area contributed by atoms with E-state index in [2.05, 4.69) is 10.9 Å². The van der Waals surface area contributed by atoms with Crippen molar-refractivity contribution in [3.05, 3.63) is 101 Å². The van der Waals surface area contributed by atoms with Crippen LogP contribution in [0.4, 0.5) is 10.1 Å². The number of carbonyl (C=O) groups excluding carboxylic acids is 2. The summed E-state index contributed by atoms with van der Waals surface area (Å²) in [5.41, 5.74) is 8.88. The minimum atomic E-state index is -0.537. The first-order valence-corrected chi connectivity index (χ1v) is 11.0. The fraction of sp³-hybridized carbons (Fsp3) is 0.231. The van der Waals surface area contributed by atoms with Crippen LogP contribution in [0.2, 0.25) is 0 Å². The number of hydrazine groups is 1. The molecule has 6 nitrogen and oxygen atoms in total. The highest BCUT2D eigenvalue weighted by atomic mass is 19.1. The molecule has 2 fully saturated rings. The summed E-state index contributed by atoms with van der Waals surface area (Å²) in [4.78, 5) is 27.3. The Morgan fingerprint density at radius 1 is 0.939 bits per heavy atom. The van der Waals surface area contributed by atoms with Crippen LogP contribution in [-0.2, 0) is 9.53 Å². The third-order valence-corrected chi connectivity index (χ3v) is 6.35. The lowest BCUT2D eigenvalue weighted by Crippen LogP contribution is -2.41. The predicted octanol–water partition coefficient (Wildman–Crippen LogP) is 3.92. The van der Waals surface area contributed by atoms with Crippen LogP contribution in [0.1, 0.15) is 40.5 Å². The first-order chi connectivity index (χ1) is 16.1. The van der Waals surface area contributed by atoms with Crippen LogP contribution in [0.3, 0.4) is 0 Å². The van der Waals surface area contributed by atoms with Gasteiger partial charge in [0.15, 0.2) is 0 Å². The molecule has 0 bridgehead atoms. The van der Waals surface area contributed by atoms with Gasteiger partial charge < -0.3 is 9.64 Å². The average Bonchev–Trinajstić information content (AvgIpc) is 3.39. The van der Waals surface area contributed by atoms with Crippen molar-refractivity contribution in [1.29, 1.82) is 0 Å². The zero-order valence-electron chi connectivity index (χ0n) is 18.1. The van der Waals surface area contributed by atoms with E-state index in [1.807, 2.05) is 30.3 Å². The van der Waals surface area contributed by atoms with Crippen molar-refractivity contribution in [1.82, 2.24) is 10.9 Å². The lowest BCUT2D eigenvalue weighted by atomic mass is 9.83. The van der Waals surface area contributed by atoms with Gasteiger partial charge in [-0.15, -0.1) is 0 Å². The first-order valence-electron chi connectivity index (χ1n) is 11.0. The second-order valence-corrected chi connectivity index (χ2v) is 8.17. The molecule has 0 saturated carbocycles. The number of anilines is 1. The molecule has 0 aliphatic carbocycles. The number of hydrogen-bond acceptors (Lipinski definition) is 5. The molecule has 5 rings (SSSR count). The summed E-state index contributed by atoms with van der Waals surface area (Å²) in [6, 6.07) is 21.9. The fourth-order valence-corrected chi connectivity index (χ4v) is 4.90. The van der Waals surface area contributed by atoms with Crippen LogP contribution in [0.25, 0.3) is 0 Å². The minimum absolute atomic E-state index is 0.150. The van der Waals surface area contributed by atoms with Gasteiger partial charge in [-0.25, -0.2) is 20.0 Å². The van der Waals surface area contributed by atoms with E-state index in [1.165, 1.54) is 6.07 Å². The number of esters is 1. The van der Waals surface area contributed by atoms with Crippen molar-refractivity contribution < 1.29 is 18.7 Å². The number of carbonyl (C=O) groups is 2. The van der Waals surface area contributed by atoms with Gasteiger partial charge >= 0.3 is 5.97 Å². The molecule has 2 N–H and O–H groups in total. The Bertz CT molecular complexity index is 1170. The Kier molecular flexibility index (Phi) is 5.66. The summed E-state index contributed by atoms with van der Waals surface area (Å²) in [6.45, 7) is 2.03. The highest BCUT2D eigenvalue weighted by molar-refractivity contribution is 6.02. The van der Waals surface area contributed by atoms with Gasteiger partial charge in [0.2, 0.25) is 5.91 Å². The molecular weight excluding hydrogens is 421 g/mol. The third kappa shape index (κ3) is 3.69. The second kappa shape index (κ2) is 8.77. The molecule has 0 spiro atoms. The van der Waals surface area contributed by atoms with E-state index < -0.39 is 18.1 Å². The summed E-state index contributed by atoms with van der Waals surface area (Å²) in [5, 5.41) is 0. The summed E-state index contributed by atoms with van der Waals surface area (Å²) in [5.74, 6) is -1.18. The number of fused-ring (bicyclic) bond motifs is 1. The molecule has 4 atom stereocenters. The van der Waals surface area contributed by atoms with E-state index in [-0.39, 0.29) is 30.3 Å². The van der Waals surface area contributed by atoms with Crippen LogP contribution < -0.4 is 15.8 Å². The third-order valence-electron chi connectivity index (χ3n) is 6.35. The lowest BCUT2D eigenvalue weighted by Gasteiger charge is -2.31. The summed E-state index contributed by atoms with van der Waals surface area (Å²) < 4.78 is 20.1. The molecule has 0 radical (unpaired) electrons. The zero-order valence-corrected chi connectivity index (χ0v) is 18.1. The SMILES string of the molecule is CCOC(=O)c1ccc(N2C(=O)C3NNC(c4ccccc4)C3C2c2ccccc2F)cc1. The smallest absolute Gasteiger partial charge is 0.338 e. The van der Waals surface area contributed by atoms with Crippen molar-refractivity contribution in [2.24, 2.45) is 5.92 Å². The van der Waals surface area contributed by atoms with Crippen molar-refractivity contribution in [2.45, 2.75) is 25.0 Å². The van der Waals surface area contributed by atoms with E-state index in [9.17, 15) is 9.59 Å². The average molecular weight is 445 g/mol. The maximum atomic E-state index is 15.1. The molecule has 33 heavy (non-hydrogen) atoms. The summed E-state index contributed by atoms with van der Waals surface area (Å²) in [6.07, 6.45) is 0. The molecule has 168 valence electrons. The quantitative estimate of drug-likeness (QED) is 0.583. The molecule has 3 aromatic carbocycles. The fourth-order valence-electron chi connectivity index (χ4n) is 4.90. The molecule has 7 heteroatoms. The van der Waals surface area contributed by atoms with E-state index in [0.29, 0.717) is 16.8 Å². The number of halogens is 1. The maximum Gasteiger partial charge on any atom is 0.338 e. The van der Waals surface area contributed by atoms with Crippen LogP contribution in [0.5, 0.6) is 0 Å². The second-order valence-electron chi connectivity index (χ2n) is 8.17. The Morgan fingerprint density at radius 2 is 1.61 bits per heavy atom. The number of benzene rings is 3. The number of nitrogens with one attached hydrogen (secondary N) is 2. The van der Waals surface area contributed by atoms with E-state index in [0.717, 1.165) is 5.56 Å². The highest BCUT2D eigenvalue weighted by Crippen LogP contribution is 2.49. The molecule has 1 amide bonds. The van der Waals surface area contributed by atoms with Crippen molar-refractivity contribution >= 4 is 17.6 Å². The van der Waals surface area contributed by atoms with Crippen molar-refractivity contribution in [3.63, 3.8) is 0 Å². The Morgan fingerprint density at radius 3 is 2.30 bits per heavy atom. The van der Waals surface area contributed by atoms with Gasteiger partial charge in [-0.1, -0.05) is 48.5 Å². The van der Waals surface area contributed by atoms with Crippen LogP contribution >= 0.6 is 0 Å². The Balaban J connectivity index is 1.58. The number of amides is 1. The largest absolute Gasteiger partial charge is 0.462 e. The molecule has 2 aliphatic heterocycles. The van der Waals surface area contributed by atoms with Gasteiger partial charge in [-0.3, -0.25) is 4.79 Å². The van der Waals surface area contributed by atoms with Crippen LogP contribution in [-0.4, -0.2) is 24.5 Å². The Labute approximate surface area is 191 Å². The van der Waals surface area contributed by atoms with Gasteiger partial charge in [0, 0.05) is 17.2 Å². The Hall–Kier alpha value is -3.55. The number of rotatable bonds is 5. The predicted molar refractivity (Wildman–Crippen MR) is 122 cm³/mol. The summed E-state index contributed by atoms with van der Waals surface area (Å²) >= 11 is 0. The molecule has 3 aromatic rings. The molecular formula is C26H24FN3O3. The van der Waals surface area contributed by atoms with E-state index in [1.54, 1.807) is 54.3 Å². The standard InChI is InChI=1S/C26H24FN3O3/c1-2-33-26(32)17-12-14-18(15-13-17)30-24(19-10-6-7-11-20(19)27)21-22(16-8-4-3-5-9-16)28-29-23(21)25(30)31/h3-15,21-24,28-29H,2H2,1H3. The van der Waals surface area contributed by atoms with E-state index in [4.69, 9.17) is 4.74 Å².